The van der Waals surface area contributed by atoms with Crippen LogP contribution in [-0.2, 0) is 14.3 Å². The van der Waals surface area contributed by atoms with Crippen molar-refractivity contribution in [3.05, 3.63) is 35.5 Å². The van der Waals surface area contributed by atoms with E-state index < -0.39 is 29.2 Å². The molecule has 2 N–H and O–H groups in total. The van der Waals surface area contributed by atoms with Crippen molar-refractivity contribution in [2.45, 2.75) is 72.7 Å². The van der Waals surface area contributed by atoms with Gasteiger partial charge in [0.25, 0.3) is 0 Å². The molecule has 31 heavy (non-hydrogen) atoms. The lowest BCUT2D eigenvalue weighted by Crippen LogP contribution is -2.63. The number of carbonyl (C=O) groups is 2. The number of ether oxygens (including phenoxy) is 1. The molecule has 0 bridgehead atoms. The van der Waals surface area contributed by atoms with Gasteiger partial charge in [0.1, 0.15) is 0 Å². The van der Waals surface area contributed by atoms with Gasteiger partial charge < -0.3 is 14.9 Å². The Hall–Kier alpha value is -1.72. The van der Waals surface area contributed by atoms with Gasteiger partial charge in [-0.25, -0.2) is 4.79 Å². The minimum atomic E-state index is -1.16. The summed E-state index contributed by atoms with van der Waals surface area (Å²) in [4.78, 5) is 25.1. The summed E-state index contributed by atoms with van der Waals surface area (Å²) < 4.78 is 4.99. The third-order valence-corrected chi connectivity index (χ3v) is 10.1. The third-order valence-electron chi connectivity index (χ3n) is 10.1. The molecule has 0 spiro atoms. The third kappa shape index (κ3) is 2.45. The van der Waals surface area contributed by atoms with E-state index in [9.17, 15) is 19.8 Å². The van der Waals surface area contributed by atoms with Crippen LogP contribution in [-0.4, -0.2) is 34.4 Å². The topological polar surface area (TPSA) is 83.8 Å². The molecule has 5 aliphatic rings. The second kappa shape index (κ2) is 6.20. The summed E-state index contributed by atoms with van der Waals surface area (Å²) >= 11 is 0. The van der Waals surface area contributed by atoms with Gasteiger partial charge in [0.05, 0.1) is 6.10 Å². The lowest BCUT2D eigenvalue weighted by Gasteiger charge is -2.66. The number of hydrogen-bond acceptors (Lipinski definition) is 5. The molecule has 5 rings (SSSR count). The summed E-state index contributed by atoms with van der Waals surface area (Å²) in [6, 6.07) is 0. The van der Waals surface area contributed by atoms with E-state index in [4.69, 9.17) is 4.74 Å². The first-order chi connectivity index (χ1) is 14.4. The van der Waals surface area contributed by atoms with E-state index in [1.165, 1.54) is 5.57 Å². The maximum atomic E-state index is 12.7. The van der Waals surface area contributed by atoms with Crippen LogP contribution in [0.25, 0.3) is 0 Å². The smallest absolute Gasteiger partial charge is 0.336 e. The van der Waals surface area contributed by atoms with E-state index in [1.807, 2.05) is 13.8 Å². The fraction of sp³-hybridized carbons (Fsp3) is 0.692. The molecule has 4 aliphatic carbocycles. The predicted octanol–water partition coefficient (Wildman–Crippen LogP) is 3.71. The number of cyclic esters (lactones) is 1. The highest BCUT2D eigenvalue weighted by Gasteiger charge is 2.67. The van der Waals surface area contributed by atoms with Crippen molar-refractivity contribution < 1.29 is 24.5 Å². The van der Waals surface area contributed by atoms with E-state index in [2.05, 4.69) is 32.9 Å². The van der Waals surface area contributed by atoms with Crippen molar-refractivity contribution in [2.75, 3.05) is 0 Å². The molecular formula is C26H34O5. The first-order valence-corrected chi connectivity index (χ1v) is 11.6. The number of ketones is 1. The van der Waals surface area contributed by atoms with Crippen molar-refractivity contribution >= 4 is 11.8 Å². The quantitative estimate of drug-likeness (QED) is 0.493. The van der Waals surface area contributed by atoms with E-state index in [-0.39, 0.29) is 34.4 Å². The minimum Gasteiger partial charge on any atom is -0.429 e. The van der Waals surface area contributed by atoms with Crippen molar-refractivity contribution in [1.29, 1.82) is 0 Å². The van der Waals surface area contributed by atoms with Gasteiger partial charge in [-0.2, -0.15) is 0 Å². The summed E-state index contributed by atoms with van der Waals surface area (Å²) in [5.41, 5.74) is 0.471. The maximum Gasteiger partial charge on any atom is 0.336 e. The molecule has 1 aliphatic heterocycles. The van der Waals surface area contributed by atoms with Crippen LogP contribution in [0.1, 0.15) is 60.3 Å². The first-order valence-electron chi connectivity index (χ1n) is 11.6. The van der Waals surface area contributed by atoms with Gasteiger partial charge in [-0.3, -0.25) is 4.79 Å². The van der Waals surface area contributed by atoms with Crippen LogP contribution in [0.5, 0.6) is 0 Å². The zero-order chi connectivity index (χ0) is 22.6. The minimum absolute atomic E-state index is 0.0393. The average molecular weight is 427 g/mol. The van der Waals surface area contributed by atoms with Crippen molar-refractivity contribution in [3.63, 3.8) is 0 Å². The molecule has 168 valence electrons. The number of allylic oxidation sites excluding steroid dienone is 3. The average Bonchev–Trinajstić information content (AvgIpc) is 3.20. The van der Waals surface area contributed by atoms with Crippen LogP contribution in [0, 0.1) is 39.4 Å². The zero-order valence-corrected chi connectivity index (χ0v) is 19.1. The fourth-order valence-corrected chi connectivity index (χ4v) is 8.43. The van der Waals surface area contributed by atoms with Gasteiger partial charge in [-0.1, -0.05) is 52.3 Å². The molecule has 0 aromatic rings. The molecule has 0 aromatic heterocycles. The predicted molar refractivity (Wildman–Crippen MR) is 115 cm³/mol. The number of aliphatic hydroxyl groups is 2. The van der Waals surface area contributed by atoms with Gasteiger partial charge >= 0.3 is 5.97 Å². The highest BCUT2D eigenvalue weighted by Crippen LogP contribution is 2.72. The monoisotopic (exact) mass is 426 g/mol. The molecular weight excluding hydrogens is 392 g/mol. The largest absolute Gasteiger partial charge is 0.429 e. The van der Waals surface area contributed by atoms with Gasteiger partial charge in [-0.15, -0.1) is 0 Å². The number of esters is 1. The van der Waals surface area contributed by atoms with Gasteiger partial charge in [-0.05, 0) is 60.5 Å². The fourth-order valence-electron chi connectivity index (χ4n) is 8.43. The summed E-state index contributed by atoms with van der Waals surface area (Å²) in [6.07, 6.45) is 9.12. The van der Waals surface area contributed by atoms with Crippen LogP contribution in [0.3, 0.4) is 0 Å². The van der Waals surface area contributed by atoms with Gasteiger partial charge in [0.15, 0.2) is 5.78 Å². The maximum absolute atomic E-state index is 12.7. The Labute approximate surface area is 184 Å². The van der Waals surface area contributed by atoms with Crippen LogP contribution >= 0.6 is 0 Å². The summed E-state index contributed by atoms with van der Waals surface area (Å²) in [5, 5.41) is 21.4. The SMILES string of the molecule is CC1(C)C(=O)C=C[C@]2(C)[C@H]3CC[C@]4(C)C(=CC[C@H]4C4=C[C@H](O)OC4=O)[C@]3(C)[C@H](O)C[C@@H]12. The Morgan fingerprint density at radius 3 is 2.42 bits per heavy atom. The molecule has 0 amide bonds. The van der Waals surface area contributed by atoms with Gasteiger partial charge in [0, 0.05) is 22.3 Å². The summed E-state index contributed by atoms with van der Waals surface area (Å²) in [5.74, 6) is -0.00678. The molecule has 0 radical (unpaired) electrons. The summed E-state index contributed by atoms with van der Waals surface area (Å²) in [7, 11) is 0. The van der Waals surface area contributed by atoms with Crippen molar-refractivity contribution in [3.8, 4) is 0 Å². The van der Waals surface area contributed by atoms with E-state index in [0.717, 1.165) is 12.8 Å². The normalized spacial score (nSPS) is 50.2. The van der Waals surface area contributed by atoms with E-state index in [1.54, 1.807) is 12.2 Å². The molecule has 2 fully saturated rings. The lowest BCUT2D eigenvalue weighted by atomic mass is 9.38. The molecule has 1 heterocycles. The molecule has 5 heteroatoms. The Morgan fingerprint density at radius 2 is 1.77 bits per heavy atom. The summed E-state index contributed by atoms with van der Waals surface area (Å²) in [6.45, 7) is 10.7. The Balaban J connectivity index is 1.58. The van der Waals surface area contributed by atoms with E-state index in [0.29, 0.717) is 18.4 Å². The van der Waals surface area contributed by atoms with E-state index >= 15 is 0 Å². The Kier molecular flexibility index (Phi) is 4.23. The highest BCUT2D eigenvalue weighted by atomic mass is 16.6. The van der Waals surface area contributed by atoms with Crippen LogP contribution in [0.4, 0.5) is 0 Å². The molecule has 5 nitrogen and oxygen atoms in total. The Morgan fingerprint density at radius 1 is 1.06 bits per heavy atom. The lowest BCUT2D eigenvalue weighted by molar-refractivity contribution is -0.164. The molecule has 2 saturated carbocycles. The molecule has 0 saturated heterocycles. The zero-order valence-electron chi connectivity index (χ0n) is 19.1. The molecule has 8 atom stereocenters. The van der Waals surface area contributed by atoms with Crippen LogP contribution in [0.2, 0.25) is 0 Å². The second-order valence-electron chi connectivity index (χ2n) is 11.7. The van der Waals surface area contributed by atoms with Crippen LogP contribution < -0.4 is 0 Å². The highest BCUT2D eigenvalue weighted by molar-refractivity contribution is 5.96. The Bertz CT molecular complexity index is 957. The van der Waals surface area contributed by atoms with Crippen molar-refractivity contribution in [1.82, 2.24) is 0 Å². The number of fused-ring (bicyclic) bond motifs is 5. The standard InChI is InChI=1S/C26H34O5/c1-23(2)18-13-20(28)26(5)16-7-6-15(14-12-21(29)31-22(14)30)24(16,3)10-8-17(26)25(18,4)11-9-19(23)27/h7,9,11-12,15,17-18,20-21,28-29H,6,8,10,13H2,1-5H3/t15-,17+,18-,20+,21+,24-,25+,26-/m0/s1. The number of aliphatic hydroxyl groups excluding tert-OH is 2. The first kappa shape index (κ1) is 21.1. The van der Waals surface area contributed by atoms with Crippen LogP contribution in [0.15, 0.2) is 35.5 Å². The number of rotatable bonds is 1. The molecule has 0 aromatic carbocycles. The van der Waals surface area contributed by atoms with Gasteiger partial charge in [0.2, 0.25) is 6.29 Å². The van der Waals surface area contributed by atoms with Crippen molar-refractivity contribution in [2.24, 2.45) is 39.4 Å². The number of hydrogen-bond donors (Lipinski definition) is 2. The molecule has 0 unspecified atom stereocenters. The number of carbonyl (C=O) groups excluding carboxylic acids is 2. The second-order valence-corrected chi connectivity index (χ2v) is 11.7.